The van der Waals surface area contributed by atoms with Gasteiger partial charge in [-0.1, -0.05) is 97.8 Å². The van der Waals surface area contributed by atoms with Crippen LogP contribution in [0, 0.1) is 20.8 Å². The molecule has 3 aromatic rings. The quantitative estimate of drug-likeness (QED) is 0.0481. The van der Waals surface area contributed by atoms with E-state index in [1.165, 1.54) is 133 Å². The van der Waals surface area contributed by atoms with Crippen LogP contribution in [-0.4, -0.2) is 33.0 Å². The minimum atomic E-state index is -0.184. The number of aromatic nitrogens is 6. The molecular weight excluding hydrogens is 637 g/mol. The van der Waals surface area contributed by atoms with Crippen LogP contribution in [0.1, 0.15) is 154 Å². The molecule has 0 saturated carbocycles. The van der Waals surface area contributed by atoms with Gasteiger partial charge in [-0.25, -0.2) is 27.4 Å². The van der Waals surface area contributed by atoms with Gasteiger partial charge in [0.15, 0.2) is 20.2 Å². The number of unbranched alkanes of at least 4 members (excludes halogenated alkanes) is 15. The molecule has 3 rings (SSSR count). The highest BCUT2D eigenvalue weighted by molar-refractivity contribution is 4.81. The minimum absolute atomic E-state index is 0.184. The first-order valence-electron chi connectivity index (χ1n) is 20.9. The highest BCUT2D eigenvalue weighted by Crippen LogP contribution is 2.10. The molecule has 51 heavy (non-hydrogen) atoms. The van der Waals surface area contributed by atoms with E-state index in [9.17, 15) is 0 Å². The number of hydrogen-bond donors (Lipinski definition) is 0. The molecule has 0 N–H and O–H groups in total. The summed E-state index contributed by atoms with van der Waals surface area (Å²) in [5.41, 5.74) is 0. The first kappa shape index (κ1) is 42.9. The first-order valence-corrected chi connectivity index (χ1v) is 20.9. The average molecular weight is 714 g/mol. The Hall–Kier alpha value is -2.49. The second-order valence-electron chi connectivity index (χ2n) is 14.7. The lowest BCUT2D eigenvalue weighted by Crippen LogP contribution is -2.43. The van der Waals surface area contributed by atoms with Crippen molar-refractivity contribution >= 4 is 0 Å². The SMILES string of the molecule is CCCCCCCCn1cc[n+](COCC(COC[n+]2ccn(CCCCCCCC)c2C)OC[n+]2ccn(CCCCCCCC)c2C)c1C. The van der Waals surface area contributed by atoms with Crippen LogP contribution in [0.5, 0.6) is 0 Å². The molecule has 0 saturated heterocycles. The molecule has 3 heterocycles. The van der Waals surface area contributed by atoms with Crippen molar-refractivity contribution in [3.63, 3.8) is 0 Å². The standard InChI is InChI=1S/C42H77N6O3/c1-7-10-13-16-19-22-25-43-28-31-46(39(43)4)36-49-34-42(51-38-48-33-30-45(41(48)6)27-24-21-18-15-12-9-3)35-50-37-47-32-29-44(40(47)5)26-23-20-17-14-11-8-2/h28-33,42H,7-27,34-38H2,1-6H3/q+3. The van der Waals surface area contributed by atoms with E-state index in [0.29, 0.717) is 33.4 Å². The van der Waals surface area contributed by atoms with Gasteiger partial charge in [-0.2, -0.15) is 0 Å². The maximum Gasteiger partial charge on any atom is 0.255 e. The van der Waals surface area contributed by atoms with Crippen molar-refractivity contribution in [2.45, 2.75) is 203 Å². The predicted molar refractivity (Wildman–Crippen MR) is 205 cm³/mol. The second kappa shape index (κ2) is 26.3. The number of ether oxygens (including phenoxy) is 3. The van der Waals surface area contributed by atoms with Gasteiger partial charge in [0.25, 0.3) is 17.5 Å². The molecule has 0 spiro atoms. The van der Waals surface area contributed by atoms with Crippen molar-refractivity contribution in [2.75, 3.05) is 13.2 Å². The van der Waals surface area contributed by atoms with Crippen LogP contribution in [0.4, 0.5) is 0 Å². The summed E-state index contributed by atoms with van der Waals surface area (Å²) in [5.74, 6) is 3.68. The summed E-state index contributed by atoms with van der Waals surface area (Å²) < 4.78 is 32.7. The maximum absolute atomic E-state index is 6.50. The Kier molecular flexibility index (Phi) is 22.1. The third-order valence-electron chi connectivity index (χ3n) is 10.5. The monoisotopic (exact) mass is 714 g/mol. The zero-order chi connectivity index (χ0) is 36.5. The van der Waals surface area contributed by atoms with E-state index in [-0.39, 0.29) is 6.10 Å². The van der Waals surface area contributed by atoms with Gasteiger partial charge in [-0.3, -0.25) is 0 Å². The molecule has 0 unspecified atom stereocenters. The average Bonchev–Trinajstić information content (AvgIpc) is 3.79. The Balaban J connectivity index is 1.51. The zero-order valence-electron chi connectivity index (χ0n) is 33.8. The van der Waals surface area contributed by atoms with Gasteiger partial charge < -0.3 is 14.2 Å². The number of nitrogens with zero attached hydrogens (tertiary/aromatic N) is 6. The fourth-order valence-electron chi connectivity index (χ4n) is 6.83. The van der Waals surface area contributed by atoms with Gasteiger partial charge in [-0.15, -0.1) is 0 Å². The summed E-state index contributed by atoms with van der Waals surface area (Å²) in [6.45, 7) is 19.0. The summed E-state index contributed by atoms with van der Waals surface area (Å²) in [7, 11) is 0. The van der Waals surface area contributed by atoms with E-state index in [1.807, 2.05) is 0 Å². The molecule has 9 heteroatoms. The van der Waals surface area contributed by atoms with Crippen molar-refractivity contribution in [1.29, 1.82) is 0 Å². The van der Waals surface area contributed by atoms with Gasteiger partial charge in [-0.05, 0) is 38.5 Å². The molecule has 0 aliphatic heterocycles. The smallest absolute Gasteiger partial charge is 0.255 e. The molecule has 0 atom stereocenters. The van der Waals surface area contributed by atoms with Crippen molar-refractivity contribution < 1.29 is 27.9 Å². The Morgan fingerprint density at radius 2 is 0.765 bits per heavy atom. The topological polar surface area (TPSA) is 54.1 Å². The molecule has 0 bridgehead atoms. The van der Waals surface area contributed by atoms with Crippen molar-refractivity contribution in [3.8, 4) is 0 Å². The molecule has 3 aromatic heterocycles. The number of rotatable bonds is 32. The predicted octanol–water partition coefficient (Wildman–Crippen LogP) is 8.65. The lowest BCUT2D eigenvalue weighted by Gasteiger charge is -2.17. The summed E-state index contributed by atoms with van der Waals surface area (Å²) in [6, 6.07) is 0. The third kappa shape index (κ3) is 16.4. The molecule has 290 valence electrons. The fraction of sp³-hybridized carbons (Fsp3) is 0.786. The zero-order valence-corrected chi connectivity index (χ0v) is 33.8. The van der Waals surface area contributed by atoms with Crippen molar-refractivity contribution in [3.05, 3.63) is 54.7 Å². The summed E-state index contributed by atoms with van der Waals surface area (Å²) in [6.07, 6.45) is 36.4. The minimum Gasteiger partial charge on any atom is -0.339 e. The lowest BCUT2D eigenvalue weighted by molar-refractivity contribution is -0.747. The number of aryl methyl sites for hydroxylation is 3. The van der Waals surface area contributed by atoms with E-state index in [4.69, 9.17) is 14.2 Å². The van der Waals surface area contributed by atoms with Gasteiger partial charge in [0.2, 0.25) is 0 Å². The molecule has 0 aromatic carbocycles. The van der Waals surface area contributed by atoms with E-state index in [2.05, 4.69) is 106 Å². The normalized spacial score (nSPS) is 11.8. The second-order valence-corrected chi connectivity index (χ2v) is 14.7. The van der Waals surface area contributed by atoms with Gasteiger partial charge >= 0.3 is 0 Å². The van der Waals surface area contributed by atoms with E-state index in [0.717, 1.165) is 19.6 Å². The molecule has 0 radical (unpaired) electrons. The molecule has 9 nitrogen and oxygen atoms in total. The van der Waals surface area contributed by atoms with Crippen LogP contribution < -0.4 is 13.7 Å². The largest absolute Gasteiger partial charge is 0.339 e. The summed E-state index contributed by atoms with van der Waals surface area (Å²) >= 11 is 0. The third-order valence-corrected chi connectivity index (χ3v) is 10.5. The highest BCUT2D eigenvalue weighted by Gasteiger charge is 2.19. The van der Waals surface area contributed by atoms with Crippen LogP contribution in [-0.2, 0) is 54.0 Å². The van der Waals surface area contributed by atoms with Crippen LogP contribution in [0.25, 0.3) is 0 Å². The van der Waals surface area contributed by atoms with Crippen molar-refractivity contribution in [1.82, 2.24) is 13.7 Å². The van der Waals surface area contributed by atoms with E-state index >= 15 is 0 Å². The molecule has 0 aliphatic carbocycles. The Bertz CT molecular complexity index is 1230. The Morgan fingerprint density at radius 1 is 0.451 bits per heavy atom. The Morgan fingerprint density at radius 3 is 1.12 bits per heavy atom. The summed E-state index contributed by atoms with van der Waals surface area (Å²) in [5, 5.41) is 0. The molecule has 0 amide bonds. The van der Waals surface area contributed by atoms with Crippen LogP contribution in [0.3, 0.4) is 0 Å². The first-order chi connectivity index (χ1) is 25.0. The van der Waals surface area contributed by atoms with E-state index < -0.39 is 0 Å². The van der Waals surface area contributed by atoms with E-state index in [1.54, 1.807) is 0 Å². The van der Waals surface area contributed by atoms with Gasteiger partial charge in [0, 0.05) is 20.8 Å². The fourth-order valence-corrected chi connectivity index (χ4v) is 6.83. The number of imidazole rings is 3. The van der Waals surface area contributed by atoms with Crippen LogP contribution >= 0.6 is 0 Å². The van der Waals surface area contributed by atoms with Gasteiger partial charge in [0.1, 0.15) is 43.3 Å². The van der Waals surface area contributed by atoms with Crippen molar-refractivity contribution in [2.24, 2.45) is 0 Å². The maximum atomic E-state index is 6.50. The van der Waals surface area contributed by atoms with Crippen LogP contribution in [0.15, 0.2) is 37.2 Å². The molecule has 0 aliphatic rings. The number of hydrogen-bond acceptors (Lipinski definition) is 3. The molecular formula is C42H77N6O3+3. The highest BCUT2D eigenvalue weighted by atomic mass is 16.6. The molecule has 0 fully saturated rings. The Labute approximate surface area is 311 Å². The van der Waals surface area contributed by atoms with Gasteiger partial charge in [0.05, 0.1) is 32.8 Å². The summed E-state index contributed by atoms with van der Waals surface area (Å²) in [4.78, 5) is 0. The lowest BCUT2D eigenvalue weighted by atomic mass is 10.1. The van der Waals surface area contributed by atoms with Crippen LogP contribution in [0.2, 0.25) is 0 Å².